The van der Waals surface area contributed by atoms with Crippen LogP contribution in [0, 0.1) is 23.2 Å². The lowest BCUT2D eigenvalue weighted by Crippen LogP contribution is -2.14. The van der Waals surface area contributed by atoms with E-state index in [1.54, 1.807) is 6.42 Å². The molecule has 58 valence electrons. The fourth-order valence-corrected chi connectivity index (χ4v) is 3.12. The fraction of sp³-hybridized carbons (Fsp3) is 1.00. The van der Waals surface area contributed by atoms with Crippen LogP contribution < -0.4 is 0 Å². The zero-order valence-corrected chi connectivity index (χ0v) is 7.35. The third kappa shape index (κ3) is 0.627. The first kappa shape index (κ1) is 6.69. The Bertz CT molecular complexity index is 146. The van der Waals surface area contributed by atoms with E-state index in [0.717, 1.165) is 23.2 Å². The van der Waals surface area contributed by atoms with E-state index >= 15 is 0 Å². The average molecular weight is 138 g/mol. The van der Waals surface area contributed by atoms with E-state index < -0.39 is 0 Å². The molecule has 0 saturated heterocycles. The number of rotatable bonds is 2. The molecule has 0 bridgehead atoms. The van der Waals surface area contributed by atoms with E-state index in [1.165, 1.54) is 12.8 Å². The van der Waals surface area contributed by atoms with Gasteiger partial charge in [0.2, 0.25) is 0 Å². The van der Waals surface area contributed by atoms with Gasteiger partial charge in [-0.3, -0.25) is 0 Å². The zero-order chi connectivity index (χ0) is 7.35. The Balaban J connectivity index is 1.89. The van der Waals surface area contributed by atoms with Gasteiger partial charge in [-0.05, 0) is 29.6 Å². The molecule has 2 rings (SSSR count). The Kier molecular flexibility index (Phi) is 1.19. The molecule has 0 nitrogen and oxygen atoms in total. The Hall–Kier alpha value is 0. The lowest BCUT2D eigenvalue weighted by molar-refractivity contribution is 0.267. The van der Waals surface area contributed by atoms with Crippen molar-refractivity contribution in [2.24, 2.45) is 23.2 Å². The van der Waals surface area contributed by atoms with Crippen LogP contribution in [0.1, 0.15) is 40.0 Å². The highest BCUT2D eigenvalue weighted by atomic mass is 14.7. The molecule has 10 heavy (non-hydrogen) atoms. The molecule has 0 N–H and O–H groups in total. The van der Waals surface area contributed by atoms with E-state index in [2.05, 4.69) is 20.8 Å². The van der Waals surface area contributed by atoms with Crippen molar-refractivity contribution in [3.63, 3.8) is 0 Å². The van der Waals surface area contributed by atoms with E-state index in [1.807, 2.05) is 0 Å². The van der Waals surface area contributed by atoms with Crippen molar-refractivity contribution in [3.05, 3.63) is 0 Å². The molecule has 2 fully saturated rings. The molecule has 0 amide bonds. The minimum atomic E-state index is 0.750. The van der Waals surface area contributed by atoms with Gasteiger partial charge in [0.15, 0.2) is 0 Å². The molecule has 0 aromatic carbocycles. The molecule has 0 radical (unpaired) electrons. The zero-order valence-electron chi connectivity index (χ0n) is 7.35. The lowest BCUT2D eigenvalue weighted by Gasteiger charge is -2.23. The number of hydrogen-bond donors (Lipinski definition) is 0. The van der Waals surface area contributed by atoms with E-state index in [9.17, 15) is 0 Å². The summed E-state index contributed by atoms with van der Waals surface area (Å²) in [7, 11) is 0. The molecular weight excluding hydrogens is 120 g/mol. The molecule has 2 aliphatic rings. The highest BCUT2D eigenvalue weighted by molar-refractivity contribution is 5.15. The molecule has 3 unspecified atom stereocenters. The number of fused-ring (bicyclic) bond motifs is 1. The first-order valence-corrected chi connectivity index (χ1v) is 4.68. The molecule has 0 heteroatoms. The van der Waals surface area contributed by atoms with E-state index in [-0.39, 0.29) is 0 Å². The van der Waals surface area contributed by atoms with Crippen LogP contribution >= 0.6 is 0 Å². The second-order valence-electron chi connectivity index (χ2n) is 4.74. The molecule has 2 aliphatic carbocycles. The third-order valence-electron chi connectivity index (χ3n) is 3.86. The second kappa shape index (κ2) is 1.78. The van der Waals surface area contributed by atoms with Crippen LogP contribution in [0.5, 0.6) is 0 Å². The molecule has 0 aromatic heterocycles. The first-order valence-electron chi connectivity index (χ1n) is 4.68. The summed E-state index contributed by atoms with van der Waals surface area (Å²) in [6, 6.07) is 0. The minimum Gasteiger partial charge on any atom is -0.0654 e. The van der Waals surface area contributed by atoms with Crippen LogP contribution in [0.2, 0.25) is 0 Å². The predicted octanol–water partition coefficient (Wildman–Crippen LogP) is 3.08. The van der Waals surface area contributed by atoms with Gasteiger partial charge >= 0.3 is 0 Å². The summed E-state index contributed by atoms with van der Waals surface area (Å²) in [6.45, 7) is 7.19. The van der Waals surface area contributed by atoms with Crippen LogP contribution in [0.25, 0.3) is 0 Å². The summed E-state index contributed by atoms with van der Waals surface area (Å²) in [5.41, 5.74) is 0.750. The fourth-order valence-electron chi connectivity index (χ4n) is 3.12. The topological polar surface area (TPSA) is 0 Å². The summed E-state index contributed by atoms with van der Waals surface area (Å²) in [6.07, 6.45) is 4.43. The third-order valence-corrected chi connectivity index (χ3v) is 3.86. The summed E-state index contributed by atoms with van der Waals surface area (Å²) >= 11 is 0. The van der Waals surface area contributed by atoms with Gasteiger partial charge in [0.05, 0.1) is 0 Å². The quantitative estimate of drug-likeness (QED) is 0.550. The van der Waals surface area contributed by atoms with Gasteiger partial charge in [0.25, 0.3) is 0 Å². The van der Waals surface area contributed by atoms with Crippen molar-refractivity contribution in [2.75, 3.05) is 0 Å². The predicted molar refractivity (Wildman–Crippen MR) is 43.8 cm³/mol. The lowest BCUT2D eigenvalue weighted by atomic mass is 9.82. The minimum absolute atomic E-state index is 0.750. The van der Waals surface area contributed by atoms with Gasteiger partial charge in [0.1, 0.15) is 0 Å². The van der Waals surface area contributed by atoms with Crippen molar-refractivity contribution >= 4 is 0 Å². The van der Waals surface area contributed by atoms with Crippen LogP contribution in [-0.2, 0) is 0 Å². The van der Waals surface area contributed by atoms with Crippen molar-refractivity contribution in [3.8, 4) is 0 Å². The van der Waals surface area contributed by atoms with Gasteiger partial charge in [-0.2, -0.15) is 0 Å². The Morgan fingerprint density at radius 2 is 2.10 bits per heavy atom. The number of hydrogen-bond acceptors (Lipinski definition) is 0. The van der Waals surface area contributed by atoms with Gasteiger partial charge in [-0.1, -0.05) is 33.6 Å². The van der Waals surface area contributed by atoms with Gasteiger partial charge in [-0.25, -0.2) is 0 Å². The van der Waals surface area contributed by atoms with Crippen LogP contribution in [0.3, 0.4) is 0 Å². The molecule has 0 aliphatic heterocycles. The maximum Gasteiger partial charge on any atom is -0.0289 e. The van der Waals surface area contributed by atoms with Gasteiger partial charge < -0.3 is 0 Å². The summed E-state index contributed by atoms with van der Waals surface area (Å²) in [5.74, 6) is 3.38. The summed E-state index contributed by atoms with van der Waals surface area (Å²) < 4.78 is 0. The largest absolute Gasteiger partial charge is 0.0654 e. The van der Waals surface area contributed by atoms with Crippen LogP contribution in [0.15, 0.2) is 0 Å². The monoisotopic (exact) mass is 138 g/mol. The normalized spacial score (nSPS) is 47.7. The molecule has 0 spiro atoms. The smallest absolute Gasteiger partial charge is 0.0289 e. The Morgan fingerprint density at radius 1 is 1.40 bits per heavy atom. The van der Waals surface area contributed by atoms with Crippen LogP contribution in [-0.4, -0.2) is 0 Å². The van der Waals surface area contributed by atoms with Crippen molar-refractivity contribution < 1.29 is 0 Å². The van der Waals surface area contributed by atoms with Crippen molar-refractivity contribution in [1.82, 2.24) is 0 Å². The maximum atomic E-state index is 2.44. The van der Waals surface area contributed by atoms with E-state index in [0.29, 0.717) is 0 Å². The molecule has 0 heterocycles. The molecule has 0 aromatic rings. The standard InChI is InChI=1S/C10H18/c1-4-5-7-6-8-9(7)10(8,2)3/h7-9H,4-6H2,1-3H3. The molecule has 3 atom stereocenters. The maximum absolute atomic E-state index is 2.44. The molecule has 2 saturated carbocycles. The summed E-state index contributed by atoms with van der Waals surface area (Å²) in [5, 5.41) is 0. The Morgan fingerprint density at radius 3 is 2.40 bits per heavy atom. The highest BCUT2D eigenvalue weighted by Gasteiger charge is 2.67. The van der Waals surface area contributed by atoms with Gasteiger partial charge in [-0.15, -0.1) is 0 Å². The second-order valence-corrected chi connectivity index (χ2v) is 4.74. The summed E-state index contributed by atoms with van der Waals surface area (Å²) in [4.78, 5) is 0. The van der Waals surface area contributed by atoms with E-state index in [4.69, 9.17) is 0 Å². The van der Waals surface area contributed by atoms with Gasteiger partial charge in [0, 0.05) is 0 Å². The first-order chi connectivity index (χ1) is 4.68. The highest BCUT2D eigenvalue weighted by Crippen LogP contribution is 2.73. The Labute approximate surface area is 64.0 Å². The molecular formula is C10H18. The van der Waals surface area contributed by atoms with Crippen molar-refractivity contribution in [1.29, 1.82) is 0 Å². The van der Waals surface area contributed by atoms with Crippen LogP contribution in [0.4, 0.5) is 0 Å². The van der Waals surface area contributed by atoms with Crippen molar-refractivity contribution in [2.45, 2.75) is 40.0 Å². The average Bonchev–Trinajstić information content (AvgIpc) is 2.19. The SMILES string of the molecule is CCCC1CC2C1C2(C)C.